The molecule has 0 aliphatic carbocycles. The highest BCUT2D eigenvalue weighted by Crippen LogP contribution is 2.28. The Morgan fingerprint density at radius 1 is 1.38 bits per heavy atom. The van der Waals surface area contributed by atoms with Crippen LogP contribution in [0.5, 0.6) is 0 Å². The van der Waals surface area contributed by atoms with E-state index < -0.39 is 0 Å². The van der Waals surface area contributed by atoms with E-state index in [0.717, 1.165) is 34.8 Å². The van der Waals surface area contributed by atoms with Crippen LogP contribution < -0.4 is 0 Å². The van der Waals surface area contributed by atoms with E-state index in [4.69, 9.17) is 9.44 Å². The van der Waals surface area contributed by atoms with Crippen LogP contribution in [0.3, 0.4) is 0 Å². The molecule has 0 saturated carbocycles. The van der Waals surface area contributed by atoms with E-state index in [1.54, 1.807) is 0 Å². The van der Waals surface area contributed by atoms with Crippen LogP contribution in [0.1, 0.15) is 20.3 Å². The molecule has 0 saturated heterocycles. The van der Waals surface area contributed by atoms with Gasteiger partial charge >= 0.3 is 0 Å². The molecule has 0 spiro atoms. The number of nitriles is 1. The first kappa shape index (κ1) is 17.4. The van der Waals surface area contributed by atoms with E-state index in [2.05, 4.69) is 56.5 Å². The summed E-state index contributed by atoms with van der Waals surface area (Å²) in [5.74, 6) is 0. The van der Waals surface area contributed by atoms with E-state index >= 15 is 0 Å². The monoisotopic (exact) mass is 305 g/mol. The van der Waals surface area contributed by atoms with Gasteiger partial charge in [0.15, 0.2) is 0 Å². The second kappa shape index (κ2) is 7.96. The van der Waals surface area contributed by atoms with Crippen LogP contribution in [0.2, 0.25) is 0 Å². The van der Waals surface area contributed by atoms with E-state index in [1.807, 2.05) is 19.0 Å². The third-order valence-corrected chi connectivity index (χ3v) is 3.66. The fourth-order valence-corrected chi connectivity index (χ4v) is 2.39. The van der Waals surface area contributed by atoms with Crippen LogP contribution in [0.25, 0.3) is 0 Å². The van der Waals surface area contributed by atoms with Gasteiger partial charge in [0.25, 0.3) is 0 Å². The average molecular weight is 305 g/mol. The molecular weight excluding hydrogens is 282 g/mol. The van der Waals surface area contributed by atoms with E-state index in [-0.39, 0.29) is 0 Å². The average Bonchev–Trinajstić information content (AvgIpc) is 2.43. The van der Waals surface area contributed by atoms with Gasteiger partial charge in [0.2, 0.25) is 0 Å². The molecule has 0 aromatic carbocycles. The molecule has 0 radical (unpaired) electrons. The second-order valence-electron chi connectivity index (χ2n) is 5.17. The maximum atomic E-state index is 9.08. The highest BCUT2D eigenvalue weighted by atomic mass is 32.1. The molecular formula is C16H23N3OS. The smallest absolute Gasteiger partial charge is 0.0789 e. The van der Waals surface area contributed by atoms with Gasteiger partial charge in [-0.2, -0.15) is 5.26 Å². The summed E-state index contributed by atoms with van der Waals surface area (Å²) in [6.45, 7) is 9.49. The lowest BCUT2D eigenvalue weighted by molar-refractivity contribution is 0.305. The van der Waals surface area contributed by atoms with E-state index in [1.165, 1.54) is 0 Å². The van der Waals surface area contributed by atoms with Gasteiger partial charge in [-0.3, -0.25) is 0 Å². The third kappa shape index (κ3) is 4.42. The van der Waals surface area contributed by atoms with E-state index in [9.17, 15) is 0 Å². The molecule has 5 heteroatoms. The summed E-state index contributed by atoms with van der Waals surface area (Å²) in [7, 11) is 3.87. The van der Waals surface area contributed by atoms with Gasteiger partial charge in [0.05, 0.1) is 19.1 Å². The van der Waals surface area contributed by atoms with Crippen molar-refractivity contribution in [3.8, 4) is 6.07 Å². The molecule has 0 atom stereocenters. The number of allylic oxidation sites excluding steroid dienone is 6. The topological polar surface area (TPSA) is 39.5 Å². The zero-order valence-electron chi connectivity index (χ0n) is 13.2. The van der Waals surface area contributed by atoms with Gasteiger partial charge in [-0.15, -0.1) is 0 Å². The maximum absolute atomic E-state index is 9.08. The summed E-state index contributed by atoms with van der Waals surface area (Å²) in [5.41, 5.74) is 5.13. The van der Waals surface area contributed by atoms with Crippen molar-refractivity contribution in [1.82, 2.24) is 9.80 Å². The molecule has 0 bridgehead atoms. The zero-order valence-corrected chi connectivity index (χ0v) is 14.1. The fraction of sp³-hybridized carbons (Fsp3) is 0.438. The molecule has 1 heterocycles. The predicted octanol–water partition coefficient (Wildman–Crippen LogP) is 3.26. The third-order valence-electron chi connectivity index (χ3n) is 3.48. The van der Waals surface area contributed by atoms with Gasteiger partial charge < -0.3 is 14.0 Å². The number of hydrogen-bond donors (Lipinski definition) is 1. The van der Waals surface area contributed by atoms with Crippen molar-refractivity contribution in [2.75, 3.05) is 27.2 Å². The highest BCUT2D eigenvalue weighted by molar-refractivity contribution is 7.75. The molecule has 0 unspecified atom stereocenters. The molecule has 4 nitrogen and oxygen atoms in total. The molecule has 21 heavy (non-hydrogen) atoms. The SMILES string of the molecule is C=C(C(CC#N)=C1C=C(C)N(CCOS)C(C)=C1)N(C)C. The summed E-state index contributed by atoms with van der Waals surface area (Å²) >= 11 is 3.78. The van der Waals surface area contributed by atoms with Crippen LogP contribution >= 0.6 is 12.9 Å². The second-order valence-corrected chi connectivity index (χ2v) is 5.42. The number of rotatable bonds is 6. The van der Waals surface area contributed by atoms with Crippen molar-refractivity contribution < 1.29 is 4.18 Å². The minimum Gasteiger partial charge on any atom is -0.378 e. The number of likely N-dealkylation sites (N-methyl/N-ethyl adjacent to an activating group) is 1. The molecule has 114 valence electrons. The maximum Gasteiger partial charge on any atom is 0.0789 e. The first-order valence-corrected chi connectivity index (χ1v) is 7.16. The van der Waals surface area contributed by atoms with Gasteiger partial charge in [0.1, 0.15) is 0 Å². The van der Waals surface area contributed by atoms with Gasteiger partial charge in [-0.25, -0.2) is 0 Å². The molecule has 1 rings (SSSR count). The lowest BCUT2D eigenvalue weighted by atomic mass is 9.97. The Balaban J connectivity index is 3.18. The van der Waals surface area contributed by atoms with Gasteiger partial charge in [0, 0.05) is 37.7 Å². The van der Waals surface area contributed by atoms with Crippen LogP contribution in [-0.4, -0.2) is 37.0 Å². The Hall–Kier alpha value is -1.64. The minimum atomic E-state index is 0.347. The molecule has 0 aromatic heterocycles. The molecule has 1 aliphatic heterocycles. The standard InChI is InChI=1S/C16H23N3OS/c1-12-10-15(11-13(2)19(12)8-9-20-21)16(6-7-17)14(3)18(4)5/h10-11,21H,3,6,8-9H2,1-2,4-5H3. The summed E-state index contributed by atoms with van der Waals surface area (Å²) in [5, 5.41) is 9.08. The Labute approximate surface area is 133 Å². The normalized spacial score (nSPS) is 14.3. The molecule has 0 amide bonds. The first-order chi connectivity index (χ1) is 9.92. The zero-order chi connectivity index (χ0) is 16.0. The molecule has 1 aliphatic rings. The molecule has 0 fully saturated rings. The Kier molecular flexibility index (Phi) is 6.60. The van der Waals surface area contributed by atoms with Crippen molar-refractivity contribution in [3.05, 3.63) is 47.0 Å². The van der Waals surface area contributed by atoms with Crippen LogP contribution in [-0.2, 0) is 4.18 Å². The first-order valence-electron chi connectivity index (χ1n) is 6.79. The number of nitrogens with zero attached hydrogens (tertiary/aromatic N) is 3. The van der Waals surface area contributed by atoms with Crippen molar-refractivity contribution >= 4 is 12.9 Å². The summed E-state index contributed by atoms with van der Waals surface area (Å²) < 4.78 is 4.85. The van der Waals surface area contributed by atoms with Gasteiger partial charge in [-0.1, -0.05) is 6.58 Å². The largest absolute Gasteiger partial charge is 0.378 e. The molecule has 0 aromatic rings. The number of hydrogen-bond acceptors (Lipinski definition) is 5. The van der Waals surface area contributed by atoms with Crippen molar-refractivity contribution in [3.63, 3.8) is 0 Å². The van der Waals surface area contributed by atoms with E-state index in [0.29, 0.717) is 13.0 Å². The van der Waals surface area contributed by atoms with Crippen molar-refractivity contribution in [2.45, 2.75) is 20.3 Å². The van der Waals surface area contributed by atoms with Crippen molar-refractivity contribution in [2.24, 2.45) is 0 Å². The Morgan fingerprint density at radius 3 is 2.38 bits per heavy atom. The predicted molar refractivity (Wildman–Crippen MR) is 89.2 cm³/mol. The fourth-order valence-electron chi connectivity index (χ4n) is 2.30. The summed E-state index contributed by atoms with van der Waals surface area (Å²) in [6, 6.07) is 2.23. The van der Waals surface area contributed by atoms with Gasteiger partial charge in [-0.05, 0) is 50.1 Å². The number of thiol groups is 1. The minimum absolute atomic E-state index is 0.347. The molecule has 0 N–H and O–H groups in total. The summed E-state index contributed by atoms with van der Waals surface area (Å²) in [6.07, 6.45) is 4.53. The van der Waals surface area contributed by atoms with Crippen LogP contribution in [0, 0.1) is 11.3 Å². The van der Waals surface area contributed by atoms with Crippen LogP contribution in [0.4, 0.5) is 0 Å². The van der Waals surface area contributed by atoms with Crippen LogP contribution in [0.15, 0.2) is 47.0 Å². The Morgan fingerprint density at radius 2 is 1.95 bits per heavy atom. The lowest BCUT2D eigenvalue weighted by Gasteiger charge is -2.30. The lowest BCUT2D eigenvalue weighted by Crippen LogP contribution is -2.26. The highest BCUT2D eigenvalue weighted by Gasteiger charge is 2.17. The van der Waals surface area contributed by atoms with Crippen molar-refractivity contribution in [1.29, 1.82) is 5.26 Å². The quantitative estimate of drug-likeness (QED) is 0.604. The summed E-state index contributed by atoms with van der Waals surface area (Å²) in [4.78, 5) is 4.11. The Bertz CT molecular complexity index is 516.